The summed E-state index contributed by atoms with van der Waals surface area (Å²) in [7, 11) is 1.54. The van der Waals surface area contributed by atoms with Crippen molar-refractivity contribution >= 4 is 17.4 Å². The van der Waals surface area contributed by atoms with Gasteiger partial charge in [0.15, 0.2) is 5.82 Å². The number of hydrogen-bond acceptors (Lipinski definition) is 5. The van der Waals surface area contributed by atoms with Crippen molar-refractivity contribution in [1.82, 2.24) is 10.3 Å². The molecule has 0 saturated heterocycles. The van der Waals surface area contributed by atoms with Crippen LogP contribution < -0.4 is 21.1 Å². The third-order valence-electron chi connectivity index (χ3n) is 2.46. The van der Waals surface area contributed by atoms with Gasteiger partial charge in [-0.05, 0) is 12.0 Å². The number of nitrogen functional groups attached to an aromatic ring is 1. The number of rotatable bonds is 7. The van der Waals surface area contributed by atoms with Gasteiger partial charge in [0.1, 0.15) is 0 Å². The van der Waals surface area contributed by atoms with Crippen molar-refractivity contribution in [3.05, 3.63) is 12.1 Å². The maximum Gasteiger partial charge on any atom is 0.221 e. The molecule has 1 amide bonds. The van der Waals surface area contributed by atoms with E-state index in [1.165, 1.54) is 0 Å². The number of aromatic nitrogens is 1. The number of hydrogen-bond donors (Lipinski definition) is 3. The maximum atomic E-state index is 11.5. The third-order valence-corrected chi connectivity index (χ3v) is 2.46. The van der Waals surface area contributed by atoms with Crippen molar-refractivity contribution in [2.45, 2.75) is 20.3 Å². The van der Waals surface area contributed by atoms with Crippen LogP contribution in [0.15, 0.2) is 12.1 Å². The molecule has 0 spiro atoms. The number of nitrogens with one attached hydrogen (secondary N) is 2. The van der Waals surface area contributed by atoms with Crippen LogP contribution in [0.25, 0.3) is 0 Å². The number of nitrogens with two attached hydrogens (primary N) is 1. The molecule has 0 aliphatic carbocycles. The maximum absolute atomic E-state index is 11.5. The van der Waals surface area contributed by atoms with E-state index in [9.17, 15) is 4.79 Å². The molecule has 1 aromatic rings. The van der Waals surface area contributed by atoms with E-state index < -0.39 is 0 Å². The summed E-state index contributed by atoms with van der Waals surface area (Å²) in [6.07, 6.45) is 0.380. The summed E-state index contributed by atoms with van der Waals surface area (Å²) in [6.45, 7) is 5.28. The molecule has 0 unspecified atom stereocenters. The van der Waals surface area contributed by atoms with E-state index in [1.54, 1.807) is 19.2 Å². The Morgan fingerprint density at radius 1 is 1.47 bits per heavy atom. The molecule has 0 aromatic carbocycles. The van der Waals surface area contributed by atoms with Crippen molar-refractivity contribution in [2.75, 3.05) is 31.2 Å². The summed E-state index contributed by atoms with van der Waals surface area (Å²) in [5.41, 5.74) is 6.31. The summed E-state index contributed by atoms with van der Waals surface area (Å²) < 4.78 is 5.02. The topological polar surface area (TPSA) is 89.3 Å². The first kappa shape index (κ1) is 15.1. The van der Waals surface area contributed by atoms with Gasteiger partial charge in [-0.1, -0.05) is 13.8 Å². The summed E-state index contributed by atoms with van der Waals surface area (Å²) in [6, 6.07) is 3.41. The van der Waals surface area contributed by atoms with Gasteiger partial charge in [0.25, 0.3) is 0 Å². The van der Waals surface area contributed by atoms with Gasteiger partial charge in [-0.3, -0.25) is 4.79 Å². The molecule has 1 rings (SSSR count). The fraction of sp³-hybridized carbons (Fsp3) is 0.538. The van der Waals surface area contributed by atoms with Crippen molar-refractivity contribution in [2.24, 2.45) is 5.92 Å². The zero-order chi connectivity index (χ0) is 14.3. The van der Waals surface area contributed by atoms with Crippen LogP contribution >= 0.6 is 0 Å². The van der Waals surface area contributed by atoms with Crippen LogP contribution in [0.5, 0.6) is 5.88 Å². The summed E-state index contributed by atoms with van der Waals surface area (Å²) in [4.78, 5) is 15.7. The molecule has 4 N–H and O–H groups in total. The van der Waals surface area contributed by atoms with Crippen LogP contribution in [0.2, 0.25) is 0 Å². The van der Waals surface area contributed by atoms with Crippen LogP contribution in [-0.4, -0.2) is 31.1 Å². The quantitative estimate of drug-likeness (QED) is 0.691. The van der Waals surface area contributed by atoms with Gasteiger partial charge in [0, 0.05) is 25.6 Å². The molecule has 1 aromatic heterocycles. The molecular weight excluding hydrogens is 244 g/mol. The van der Waals surface area contributed by atoms with E-state index in [0.29, 0.717) is 42.8 Å². The zero-order valence-electron chi connectivity index (χ0n) is 11.7. The normalized spacial score (nSPS) is 10.3. The lowest BCUT2D eigenvalue weighted by Gasteiger charge is -2.10. The van der Waals surface area contributed by atoms with E-state index in [-0.39, 0.29) is 5.91 Å². The third kappa shape index (κ3) is 5.46. The molecule has 106 valence electrons. The number of methoxy groups -OCH3 is 1. The highest BCUT2D eigenvalue weighted by atomic mass is 16.5. The largest absolute Gasteiger partial charge is 0.481 e. The second-order valence-corrected chi connectivity index (χ2v) is 4.67. The average Bonchev–Trinajstić information content (AvgIpc) is 2.38. The smallest absolute Gasteiger partial charge is 0.221 e. The predicted molar refractivity (Wildman–Crippen MR) is 76.2 cm³/mol. The minimum absolute atomic E-state index is 0.0164. The van der Waals surface area contributed by atoms with Crippen molar-refractivity contribution in [3.8, 4) is 5.88 Å². The second kappa shape index (κ2) is 7.45. The van der Waals surface area contributed by atoms with Crippen molar-refractivity contribution < 1.29 is 9.53 Å². The minimum Gasteiger partial charge on any atom is -0.481 e. The first-order chi connectivity index (χ1) is 9.02. The molecule has 0 fully saturated rings. The van der Waals surface area contributed by atoms with Gasteiger partial charge in [0.2, 0.25) is 11.8 Å². The number of pyridine rings is 1. The van der Waals surface area contributed by atoms with Gasteiger partial charge in [0.05, 0.1) is 12.8 Å². The molecule has 6 nitrogen and oxygen atoms in total. The Hall–Kier alpha value is -1.98. The van der Waals surface area contributed by atoms with Crippen LogP contribution in [0.3, 0.4) is 0 Å². The van der Waals surface area contributed by atoms with Crippen LogP contribution in [0, 0.1) is 5.92 Å². The van der Waals surface area contributed by atoms with E-state index >= 15 is 0 Å². The molecule has 0 atom stereocenters. The molecule has 19 heavy (non-hydrogen) atoms. The molecule has 0 radical (unpaired) electrons. The lowest BCUT2D eigenvalue weighted by Crippen LogP contribution is -2.28. The van der Waals surface area contributed by atoms with Gasteiger partial charge >= 0.3 is 0 Å². The monoisotopic (exact) mass is 266 g/mol. The van der Waals surface area contributed by atoms with Gasteiger partial charge < -0.3 is 21.1 Å². The molecule has 6 heteroatoms. The first-order valence-electron chi connectivity index (χ1n) is 6.34. The fourth-order valence-corrected chi connectivity index (χ4v) is 1.41. The predicted octanol–water partition coefficient (Wildman–Crippen LogP) is 1.25. The van der Waals surface area contributed by atoms with E-state index in [0.717, 1.165) is 0 Å². The lowest BCUT2D eigenvalue weighted by atomic mass is 10.2. The van der Waals surface area contributed by atoms with E-state index in [4.69, 9.17) is 10.5 Å². The number of ether oxygens (including phenoxy) is 1. The average molecular weight is 266 g/mol. The number of anilines is 2. The van der Waals surface area contributed by atoms with Gasteiger partial charge in [-0.25, -0.2) is 0 Å². The molecule has 0 saturated carbocycles. The molecule has 0 aliphatic rings. The Morgan fingerprint density at radius 3 is 2.84 bits per heavy atom. The van der Waals surface area contributed by atoms with E-state index in [1.807, 2.05) is 0 Å². The van der Waals surface area contributed by atoms with Gasteiger partial charge in [-0.15, -0.1) is 0 Å². The second-order valence-electron chi connectivity index (χ2n) is 4.67. The summed E-state index contributed by atoms with van der Waals surface area (Å²) in [5.74, 6) is 1.49. The van der Waals surface area contributed by atoms with Crippen molar-refractivity contribution in [3.63, 3.8) is 0 Å². The Labute approximate surface area is 113 Å². The van der Waals surface area contributed by atoms with Crippen LogP contribution in [0.4, 0.5) is 11.5 Å². The van der Waals surface area contributed by atoms with Crippen LogP contribution in [-0.2, 0) is 4.79 Å². The highest BCUT2D eigenvalue weighted by Crippen LogP contribution is 2.19. The highest BCUT2D eigenvalue weighted by Gasteiger charge is 2.05. The minimum atomic E-state index is 0.0164. The first-order valence-corrected chi connectivity index (χ1v) is 6.34. The van der Waals surface area contributed by atoms with Crippen LogP contribution in [0.1, 0.15) is 20.3 Å². The number of carbonyl (C=O) groups is 1. The highest BCUT2D eigenvalue weighted by molar-refractivity contribution is 5.76. The Balaban J connectivity index is 2.38. The molecule has 1 heterocycles. The Kier molecular flexibility index (Phi) is 5.92. The molecular formula is C13H22N4O2. The number of amides is 1. The lowest BCUT2D eigenvalue weighted by molar-refractivity contribution is -0.120. The SMILES string of the molecule is COc1ccc(N)c(NCCC(=O)NCC(C)C)n1. The zero-order valence-corrected chi connectivity index (χ0v) is 11.7. The number of carbonyl (C=O) groups excluding carboxylic acids is 1. The number of nitrogens with zero attached hydrogens (tertiary/aromatic N) is 1. The van der Waals surface area contributed by atoms with Gasteiger partial charge in [-0.2, -0.15) is 4.98 Å². The fourth-order valence-electron chi connectivity index (χ4n) is 1.41. The molecule has 0 bridgehead atoms. The Bertz CT molecular complexity index is 421. The summed E-state index contributed by atoms with van der Waals surface area (Å²) >= 11 is 0. The standard InChI is InChI=1S/C13H22N4O2/c1-9(2)8-16-11(18)6-7-15-13-10(14)4-5-12(17-13)19-3/h4-5,9H,6-8,14H2,1-3H3,(H,15,17)(H,16,18). The molecule has 0 aliphatic heterocycles. The summed E-state index contributed by atoms with van der Waals surface area (Å²) in [5, 5.41) is 5.88. The Morgan fingerprint density at radius 2 is 2.21 bits per heavy atom. The van der Waals surface area contributed by atoms with E-state index in [2.05, 4.69) is 29.5 Å². The van der Waals surface area contributed by atoms with Crippen molar-refractivity contribution in [1.29, 1.82) is 0 Å².